The number of anilines is 3. The SMILES string of the molecule is CCNc1cc(NCC(=O)NC2CC2)nc(N)n1. The lowest BCUT2D eigenvalue weighted by Gasteiger charge is -2.09. The topological polar surface area (TPSA) is 105 Å². The summed E-state index contributed by atoms with van der Waals surface area (Å²) in [6.45, 7) is 2.91. The summed E-state index contributed by atoms with van der Waals surface area (Å²) in [5, 5.41) is 8.87. The highest BCUT2D eigenvalue weighted by Crippen LogP contribution is 2.18. The number of hydrogen-bond acceptors (Lipinski definition) is 6. The first-order valence-corrected chi connectivity index (χ1v) is 6.09. The molecule has 2 rings (SSSR count). The molecule has 1 aromatic rings. The molecular weight excluding hydrogens is 232 g/mol. The van der Waals surface area contributed by atoms with Gasteiger partial charge in [-0.3, -0.25) is 4.79 Å². The van der Waals surface area contributed by atoms with Gasteiger partial charge >= 0.3 is 0 Å². The molecule has 98 valence electrons. The Labute approximate surface area is 106 Å². The zero-order chi connectivity index (χ0) is 13.0. The Balaban J connectivity index is 1.88. The standard InChI is InChI=1S/C11H18N6O/c1-2-13-8-5-9(17-11(12)16-8)14-6-10(18)15-7-3-4-7/h5,7H,2-4,6H2,1H3,(H,15,18)(H4,12,13,14,16,17). The maximum atomic E-state index is 11.5. The molecule has 7 nitrogen and oxygen atoms in total. The molecule has 5 N–H and O–H groups in total. The first-order chi connectivity index (χ1) is 8.67. The predicted molar refractivity (Wildman–Crippen MR) is 70.3 cm³/mol. The van der Waals surface area contributed by atoms with Gasteiger partial charge in [-0.1, -0.05) is 0 Å². The van der Waals surface area contributed by atoms with Crippen molar-refractivity contribution in [3.05, 3.63) is 6.07 Å². The van der Waals surface area contributed by atoms with Crippen molar-refractivity contribution in [1.82, 2.24) is 15.3 Å². The number of nitrogens with zero attached hydrogens (tertiary/aromatic N) is 2. The monoisotopic (exact) mass is 250 g/mol. The van der Waals surface area contributed by atoms with E-state index in [9.17, 15) is 4.79 Å². The normalized spacial score (nSPS) is 14.1. The smallest absolute Gasteiger partial charge is 0.239 e. The molecule has 1 aliphatic carbocycles. The van der Waals surface area contributed by atoms with Crippen LogP contribution in [0.25, 0.3) is 0 Å². The first kappa shape index (κ1) is 12.4. The third kappa shape index (κ3) is 3.76. The Bertz CT molecular complexity index is 432. The van der Waals surface area contributed by atoms with Gasteiger partial charge in [-0.05, 0) is 19.8 Å². The summed E-state index contributed by atoms with van der Waals surface area (Å²) in [5.41, 5.74) is 5.58. The molecule has 1 aromatic heterocycles. The molecule has 1 amide bonds. The third-order valence-electron chi connectivity index (χ3n) is 2.47. The van der Waals surface area contributed by atoms with Crippen LogP contribution in [0.5, 0.6) is 0 Å². The maximum absolute atomic E-state index is 11.5. The van der Waals surface area contributed by atoms with Gasteiger partial charge in [-0.25, -0.2) is 0 Å². The number of amides is 1. The average Bonchev–Trinajstić information content (AvgIpc) is 3.10. The molecule has 0 saturated heterocycles. The van der Waals surface area contributed by atoms with Crippen LogP contribution in [0.4, 0.5) is 17.6 Å². The number of nitrogens with two attached hydrogens (primary N) is 1. The number of hydrogen-bond donors (Lipinski definition) is 4. The Morgan fingerprint density at radius 2 is 2.06 bits per heavy atom. The quantitative estimate of drug-likeness (QED) is 0.574. The average molecular weight is 250 g/mol. The van der Waals surface area contributed by atoms with Crippen molar-refractivity contribution in [3.8, 4) is 0 Å². The lowest BCUT2D eigenvalue weighted by atomic mass is 10.4. The molecule has 0 aliphatic heterocycles. The summed E-state index contributed by atoms with van der Waals surface area (Å²) < 4.78 is 0. The van der Waals surface area contributed by atoms with Gasteiger partial charge in [-0.15, -0.1) is 0 Å². The third-order valence-corrected chi connectivity index (χ3v) is 2.47. The second-order valence-electron chi connectivity index (χ2n) is 4.22. The van der Waals surface area contributed by atoms with E-state index < -0.39 is 0 Å². The van der Waals surface area contributed by atoms with E-state index in [1.165, 1.54) is 0 Å². The molecular formula is C11H18N6O. The second kappa shape index (κ2) is 5.52. The van der Waals surface area contributed by atoms with E-state index in [-0.39, 0.29) is 18.4 Å². The van der Waals surface area contributed by atoms with Gasteiger partial charge in [0.15, 0.2) is 0 Å². The van der Waals surface area contributed by atoms with Crippen molar-refractivity contribution in [2.75, 3.05) is 29.5 Å². The zero-order valence-electron chi connectivity index (χ0n) is 10.4. The predicted octanol–water partition coefficient (Wildman–Crippen LogP) is 0.181. The van der Waals surface area contributed by atoms with Crippen LogP contribution in [0.15, 0.2) is 6.07 Å². The molecule has 0 radical (unpaired) electrons. The molecule has 0 unspecified atom stereocenters. The molecule has 0 atom stereocenters. The van der Waals surface area contributed by atoms with Crippen LogP contribution in [0.1, 0.15) is 19.8 Å². The van der Waals surface area contributed by atoms with E-state index in [2.05, 4.69) is 25.9 Å². The Hall–Kier alpha value is -2.05. The second-order valence-corrected chi connectivity index (χ2v) is 4.22. The van der Waals surface area contributed by atoms with Crippen LogP contribution in [0.3, 0.4) is 0 Å². The van der Waals surface area contributed by atoms with Gasteiger partial charge in [0.25, 0.3) is 0 Å². The number of carbonyl (C=O) groups excluding carboxylic acids is 1. The van der Waals surface area contributed by atoms with Gasteiger partial charge in [0.1, 0.15) is 11.6 Å². The number of carbonyl (C=O) groups is 1. The van der Waals surface area contributed by atoms with Gasteiger partial charge in [0.2, 0.25) is 11.9 Å². The van der Waals surface area contributed by atoms with Crippen molar-refractivity contribution in [1.29, 1.82) is 0 Å². The highest BCUT2D eigenvalue weighted by molar-refractivity contribution is 5.81. The lowest BCUT2D eigenvalue weighted by Crippen LogP contribution is -2.31. The van der Waals surface area contributed by atoms with Crippen molar-refractivity contribution in [3.63, 3.8) is 0 Å². The molecule has 0 aromatic carbocycles. The van der Waals surface area contributed by atoms with Crippen molar-refractivity contribution in [2.45, 2.75) is 25.8 Å². The zero-order valence-corrected chi connectivity index (χ0v) is 10.4. The van der Waals surface area contributed by atoms with Gasteiger partial charge in [0.05, 0.1) is 6.54 Å². The first-order valence-electron chi connectivity index (χ1n) is 6.09. The minimum absolute atomic E-state index is 0.0281. The van der Waals surface area contributed by atoms with E-state index in [0.29, 0.717) is 17.7 Å². The number of nitrogen functional groups attached to an aromatic ring is 1. The largest absolute Gasteiger partial charge is 0.370 e. The Morgan fingerprint density at radius 1 is 1.39 bits per heavy atom. The van der Waals surface area contributed by atoms with Crippen LogP contribution in [-0.2, 0) is 4.79 Å². The van der Waals surface area contributed by atoms with E-state index in [1.807, 2.05) is 6.92 Å². The summed E-state index contributed by atoms with van der Waals surface area (Å²) in [5.74, 6) is 1.35. The van der Waals surface area contributed by atoms with Gasteiger partial charge in [-0.2, -0.15) is 9.97 Å². The summed E-state index contributed by atoms with van der Waals surface area (Å²) in [6, 6.07) is 2.09. The molecule has 1 fully saturated rings. The summed E-state index contributed by atoms with van der Waals surface area (Å²) >= 11 is 0. The van der Waals surface area contributed by atoms with Crippen LogP contribution >= 0.6 is 0 Å². The van der Waals surface area contributed by atoms with Crippen LogP contribution in [0, 0.1) is 0 Å². The summed E-state index contributed by atoms with van der Waals surface area (Å²) in [7, 11) is 0. The molecule has 7 heteroatoms. The molecule has 1 aliphatic rings. The molecule has 1 saturated carbocycles. The van der Waals surface area contributed by atoms with E-state index in [1.54, 1.807) is 6.07 Å². The van der Waals surface area contributed by atoms with Gasteiger partial charge in [0, 0.05) is 18.7 Å². The molecule has 0 bridgehead atoms. The van der Waals surface area contributed by atoms with E-state index in [0.717, 1.165) is 19.4 Å². The highest BCUT2D eigenvalue weighted by atomic mass is 16.2. The fourth-order valence-electron chi connectivity index (χ4n) is 1.51. The van der Waals surface area contributed by atoms with Crippen LogP contribution in [0.2, 0.25) is 0 Å². The Morgan fingerprint density at radius 3 is 2.67 bits per heavy atom. The van der Waals surface area contributed by atoms with Gasteiger partial charge < -0.3 is 21.7 Å². The van der Waals surface area contributed by atoms with Crippen LogP contribution < -0.4 is 21.7 Å². The lowest BCUT2D eigenvalue weighted by molar-refractivity contribution is -0.119. The minimum Gasteiger partial charge on any atom is -0.370 e. The number of aromatic nitrogens is 2. The molecule has 0 spiro atoms. The fourth-order valence-corrected chi connectivity index (χ4v) is 1.51. The number of rotatable bonds is 6. The van der Waals surface area contributed by atoms with Crippen molar-refractivity contribution >= 4 is 23.5 Å². The fraction of sp³-hybridized carbons (Fsp3) is 0.545. The highest BCUT2D eigenvalue weighted by Gasteiger charge is 2.22. The minimum atomic E-state index is -0.0281. The number of nitrogens with one attached hydrogen (secondary N) is 3. The van der Waals surface area contributed by atoms with E-state index >= 15 is 0 Å². The molecule has 18 heavy (non-hydrogen) atoms. The van der Waals surface area contributed by atoms with Crippen LogP contribution in [-0.4, -0.2) is 35.0 Å². The Kier molecular flexibility index (Phi) is 3.81. The molecule has 1 heterocycles. The summed E-state index contributed by atoms with van der Waals surface area (Å²) in [6.07, 6.45) is 2.16. The summed E-state index contributed by atoms with van der Waals surface area (Å²) in [4.78, 5) is 19.5. The van der Waals surface area contributed by atoms with Crippen molar-refractivity contribution in [2.24, 2.45) is 0 Å². The maximum Gasteiger partial charge on any atom is 0.239 e. The van der Waals surface area contributed by atoms with E-state index in [4.69, 9.17) is 5.73 Å². The van der Waals surface area contributed by atoms with Crippen molar-refractivity contribution < 1.29 is 4.79 Å².